The zero-order valence-electron chi connectivity index (χ0n) is 16.5. The molecule has 0 spiro atoms. The first-order valence-corrected chi connectivity index (χ1v) is 9.83. The fourth-order valence-corrected chi connectivity index (χ4v) is 3.28. The summed E-state index contributed by atoms with van der Waals surface area (Å²) in [4.78, 5) is 17.2. The molecule has 0 unspecified atom stereocenters. The lowest BCUT2D eigenvalue weighted by Crippen LogP contribution is -2.25. The first-order chi connectivity index (χ1) is 13.5. The number of hydrogen-bond donors (Lipinski definition) is 1. The average molecular weight is 401 g/mol. The van der Waals surface area contributed by atoms with Gasteiger partial charge in [-0.25, -0.2) is 9.50 Å². The normalized spacial score (nSPS) is 11.1. The molecule has 28 heavy (non-hydrogen) atoms. The van der Waals surface area contributed by atoms with Gasteiger partial charge in [-0.05, 0) is 50.5 Å². The van der Waals surface area contributed by atoms with E-state index in [0.717, 1.165) is 40.4 Å². The fraction of sp³-hybridized carbons (Fsp3) is 0.381. The van der Waals surface area contributed by atoms with Gasteiger partial charge in [-0.15, -0.1) is 0 Å². The number of ether oxygens (including phenoxy) is 1. The highest BCUT2D eigenvalue weighted by molar-refractivity contribution is 6.30. The van der Waals surface area contributed by atoms with Crippen molar-refractivity contribution >= 4 is 23.2 Å². The van der Waals surface area contributed by atoms with E-state index in [1.807, 2.05) is 45.0 Å². The standard InChI is InChI=1S/C21H25ClN4O2/c1-4-28-11-5-10-23-21(27)19-13-24-26-15(3)18(14(2)25-20(19)26)12-16-6-8-17(22)9-7-16/h6-9,13H,4-5,10-12H2,1-3H3,(H,23,27). The number of hydrogen-bond acceptors (Lipinski definition) is 4. The maximum Gasteiger partial charge on any atom is 0.256 e. The van der Waals surface area contributed by atoms with E-state index < -0.39 is 0 Å². The summed E-state index contributed by atoms with van der Waals surface area (Å²) in [6, 6.07) is 7.79. The van der Waals surface area contributed by atoms with E-state index in [1.54, 1.807) is 10.7 Å². The van der Waals surface area contributed by atoms with Crippen molar-refractivity contribution in [2.24, 2.45) is 0 Å². The van der Waals surface area contributed by atoms with Crippen LogP contribution < -0.4 is 5.32 Å². The van der Waals surface area contributed by atoms with Crippen molar-refractivity contribution in [1.29, 1.82) is 0 Å². The largest absolute Gasteiger partial charge is 0.382 e. The highest BCUT2D eigenvalue weighted by Gasteiger charge is 2.18. The van der Waals surface area contributed by atoms with Gasteiger partial charge >= 0.3 is 0 Å². The number of rotatable bonds is 8. The Bertz CT molecular complexity index is 967. The molecule has 7 heteroatoms. The molecule has 0 saturated heterocycles. The number of carbonyl (C=O) groups is 1. The zero-order chi connectivity index (χ0) is 20.1. The second-order valence-electron chi connectivity index (χ2n) is 6.66. The molecule has 3 aromatic rings. The molecule has 148 valence electrons. The fourth-order valence-electron chi connectivity index (χ4n) is 3.15. The predicted molar refractivity (Wildman–Crippen MR) is 110 cm³/mol. The maximum atomic E-state index is 12.5. The summed E-state index contributed by atoms with van der Waals surface area (Å²) in [5.74, 6) is -0.164. The van der Waals surface area contributed by atoms with Crippen LogP contribution in [0.5, 0.6) is 0 Å². The Balaban J connectivity index is 1.81. The van der Waals surface area contributed by atoms with Gasteiger partial charge in [-0.1, -0.05) is 23.7 Å². The van der Waals surface area contributed by atoms with Crippen molar-refractivity contribution < 1.29 is 9.53 Å². The van der Waals surface area contributed by atoms with Crippen LogP contribution in [-0.2, 0) is 11.2 Å². The van der Waals surface area contributed by atoms with Crippen LogP contribution in [0, 0.1) is 13.8 Å². The highest BCUT2D eigenvalue weighted by Crippen LogP contribution is 2.21. The van der Waals surface area contributed by atoms with E-state index in [-0.39, 0.29) is 5.91 Å². The molecule has 0 aliphatic carbocycles. The molecule has 2 aromatic heterocycles. The Morgan fingerprint density at radius 3 is 2.71 bits per heavy atom. The number of amides is 1. The van der Waals surface area contributed by atoms with Crippen LogP contribution in [0.25, 0.3) is 5.65 Å². The molecule has 3 rings (SSSR count). The molecule has 1 aromatic carbocycles. The predicted octanol–water partition coefficient (Wildman–Crippen LogP) is 3.75. The van der Waals surface area contributed by atoms with Crippen LogP contribution in [0.1, 0.15) is 46.2 Å². The number of carbonyl (C=O) groups excluding carboxylic acids is 1. The molecular formula is C21H25ClN4O2. The molecule has 0 aliphatic heterocycles. The Morgan fingerprint density at radius 1 is 1.25 bits per heavy atom. The van der Waals surface area contributed by atoms with E-state index in [0.29, 0.717) is 31.0 Å². The molecule has 0 atom stereocenters. The molecule has 0 bridgehead atoms. The minimum absolute atomic E-state index is 0.164. The van der Waals surface area contributed by atoms with E-state index in [4.69, 9.17) is 16.3 Å². The van der Waals surface area contributed by atoms with Crippen molar-refractivity contribution in [3.05, 3.63) is 63.6 Å². The van der Waals surface area contributed by atoms with Crippen molar-refractivity contribution in [3.8, 4) is 0 Å². The second kappa shape index (κ2) is 9.17. The van der Waals surface area contributed by atoms with Gasteiger partial charge in [-0.2, -0.15) is 5.10 Å². The van der Waals surface area contributed by atoms with E-state index in [2.05, 4.69) is 15.4 Å². The molecule has 1 amide bonds. The third kappa shape index (κ3) is 4.51. The highest BCUT2D eigenvalue weighted by atomic mass is 35.5. The van der Waals surface area contributed by atoms with E-state index in [1.165, 1.54) is 0 Å². The number of aromatic nitrogens is 3. The topological polar surface area (TPSA) is 68.5 Å². The van der Waals surface area contributed by atoms with Crippen molar-refractivity contribution in [2.45, 2.75) is 33.6 Å². The summed E-state index contributed by atoms with van der Waals surface area (Å²) in [5, 5.41) is 8.03. The van der Waals surface area contributed by atoms with Crippen LogP contribution in [0.3, 0.4) is 0 Å². The Labute approximate surface area is 169 Å². The van der Waals surface area contributed by atoms with Crippen LogP contribution >= 0.6 is 11.6 Å². The van der Waals surface area contributed by atoms with Crippen molar-refractivity contribution in [1.82, 2.24) is 19.9 Å². The van der Waals surface area contributed by atoms with Crippen LogP contribution in [-0.4, -0.2) is 40.3 Å². The lowest BCUT2D eigenvalue weighted by molar-refractivity contribution is 0.0945. The monoisotopic (exact) mass is 400 g/mol. The van der Waals surface area contributed by atoms with Gasteiger partial charge in [0.05, 0.1) is 6.20 Å². The number of benzene rings is 1. The summed E-state index contributed by atoms with van der Waals surface area (Å²) in [6.07, 6.45) is 3.09. The molecule has 0 saturated carbocycles. The molecule has 2 heterocycles. The van der Waals surface area contributed by atoms with Gasteiger partial charge in [0.25, 0.3) is 5.91 Å². The molecule has 1 N–H and O–H groups in total. The van der Waals surface area contributed by atoms with Gasteiger partial charge in [0.2, 0.25) is 0 Å². The molecular weight excluding hydrogens is 376 g/mol. The summed E-state index contributed by atoms with van der Waals surface area (Å²) < 4.78 is 7.03. The molecule has 0 fully saturated rings. The summed E-state index contributed by atoms with van der Waals surface area (Å²) in [7, 11) is 0. The lowest BCUT2D eigenvalue weighted by atomic mass is 10.0. The Morgan fingerprint density at radius 2 is 2.00 bits per heavy atom. The summed E-state index contributed by atoms with van der Waals surface area (Å²) in [6.45, 7) is 7.80. The Kier molecular flexibility index (Phi) is 6.65. The molecule has 0 radical (unpaired) electrons. The number of halogens is 1. The first-order valence-electron chi connectivity index (χ1n) is 9.45. The number of fused-ring (bicyclic) bond motifs is 1. The summed E-state index contributed by atoms with van der Waals surface area (Å²) in [5.41, 5.74) is 5.19. The van der Waals surface area contributed by atoms with Crippen LogP contribution in [0.2, 0.25) is 5.02 Å². The first kappa shape index (κ1) is 20.3. The third-order valence-corrected chi connectivity index (χ3v) is 4.95. The third-order valence-electron chi connectivity index (χ3n) is 4.70. The zero-order valence-corrected chi connectivity index (χ0v) is 17.2. The number of nitrogens with zero attached hydrogens (tertiary/aromatic N) is 3. The van der Waals surface area contributed by atoms with Gasteiger partial charge in [0, 0.05) is 42.6 Å². The van der Waals surface area contributed by atoms with Gasteiger partial charge in [0.15, 0.2) is 5.65 Å². The van der Waals surface area contributed by atoms with Crippen molar-refractivity contribution in [3.63, 3.8) is 0 Å². The summed E-state index contributed by atoms with van der Waals surface area (Å²) >= 11 is 5.98. The minimum atomic E-state index is -0.164. The SMILES string of the molecule is CCOCCCNC(=O)c1cnn2c(C)c(Cc3ccc(Cl)cc3)c(C)nc12. The van der Waals surface area contributed by atoms with Crippen LogP contribution in [0.15, 0.2) is 30.5 Å². The number of aryl methyl sites for hydroxylation is 2. The average Bonchev–Trinajstić information content (AvgIpc) is 3.10. The minimum Gasteiger partial charge on any atom is -0.382 e. The van der Waals surface area contributed by atoms with Gasteiger partial charge < -0.3 is 10.1 Å². The second-order valence-corrected chi connectivity index (χ2v) is 7.10. The van der Waals surface area contributed by atoms with E-state index >= 15 is 0 Å². The van der Waals surface area contributed by atoms with Crippen LogP contribution in [0.4, 0.5) is 0 Å². The smallest absolute Gasteiger partial charge is 0.256 e. The molecule has 0 aliphatic rings. The van der Waals surface area contributed by atoms with E-state index in [9.17, 15) is 4.79 Å². The Hall–Kier alpha value is -2.44. The number of nitrogens with one attached hydrogen (secondary N) is 1. The van der Waals surface area contributed by atoms with Crippen molar-refractivity contribution in [2.75, 3.05) is 19.8 Å². The van der Waals surface area contributed by atoms with Gasteiger partial charge in [0.1, 0.15) is 5.56 Å². The van der Waals surface area contributed by atoms with Gasteiger partial charge in [-0.3, -0.25) is 4.79 Å². The quantitative estimate of drug-likeness (QED) is 0.585. The lowest BCUT2D eigenvalue weighted by Gasteiger charge is -2.12. The molecule has 6 nitrogen and oxygen atoms in total. The maximum absolute atomic E-state index is 12.5.